The fourth-order valence-corrected chi connectivity index (χ4v) is 1.58. The highest BCUT2D eigenvalue weighted by Crippen LogP contribution is 2.13. The van der Waals surface area contributed by atoms with Gasteiger partial charge < -0.3 is 16.8 Å². The molecule has 0 aliphatic carbocycles. The van der Waals surface area contributed by atoms with Crippen LogP contribution in [0.25, 0.3) is 0 Å². The maximum absolute atomic E-state index is 11.9. The van der Waals surface area contributed by atoms with Crippen LogP contribution in [0.4, 0.5) is 5.69 Å². The van der Waals surface area contributed by atoms with Gasteiger partial charge in [0, 0.05) is 19.0 Å². The number of amides is 2. The Morgan fingerprint density at radius 1 is 1.53 bits per heavy atom. The van der Waals surface area contributed by atoms with Crippen molar-refractivity contribution >= 4 is 17.5 Å². The number of carbonyl (C=O) groups is 2. The first-order chi connectivity index (χ1) is 7.73. The molecular weight excluding hydrogens is 222 g/mol. The van der Waals surface area contributed by atoms with Crippen molar-refractivity contribution in [1.82, 2.24) is 15.1 Å². The molecule has 17 heavy (non-hydrogen) atoms. The fourth-order valence-electron chi connectivity index (χ4n) is 1.58. The SMILES string of the molecule is Cn1ncc(N)c1C(=O)NC(C)(C)CC(N)=O. The van der Waals surface area contributed by atoms with Crippen molar-refractivity contribution in [1.29, 1.82) is 0 Å². The number of hydrogen-bond donors (Lipinski definition) is 3. The van der Waals surface area contributed by atoms with Crippen LogP contribution in [0.3, 0.4) is 0 Å². The molecular formula is C10H17N5O2. The van der Waals surface area contributed by atoms with Crippen LogP contribution in [0.1, 0.15) is 30.8 Å². The molecule has 1 heterocycles. The quantitative estimate of drug-likeness (QED) is 0.649. The van der Waals surface area contributed by atoms with Crippen LogP contribution in [0.5, 0.6) is 0 Å². The Kier molecular flexibility index (Phi) is 3.40. The van der Waals surface area contributed by atoms with E-state index in [4.69, 9.17) is 11.5 Å². The third-order valence-electron chi connectivity index (χ3n) is 2.25. The van der Waals surface area contributed by atoms with Crippen LogP contribution in [-0.4, -0.2) is 27.1 Å². The van der Waals surface area contributed by atoms with Gasteiger partial charge in [-0.15, -0.1) is 0 Å². The lowest BCUT2D eigenvalue weighted by molar-refractivity contribution is -0.119. The number of rotatable bonds is 4. The molecule has 1 rings (SSSR count). The van der Waals surface area contributed by atoms with Gasteiger partial charge in [0.15, 0.2) is 0 Å². The van der Waals surface area contributed by atoms with Crippen LogP contribution in [0, 0.1) is 0 Å². The van der Waals surface area contributed by atoms with Gasteiger partial charge in [-0.05, 0) is 13.8 Å². The van der Waals surface area contributed by atoms with E-state index in [-0.39, 0.29) is 18.0 Å². The Bertz CT molecular complexity index is 430. The van der Waals surface area contributed by atoms with Gasteiger partial charge in [0.25, 0.3) is 5.91 Å². The van der Waals surface area contributed by atoms with Gasteiger partial charge in [-0.1, -0.05) is 0 Å². The summed E-state index contributed by atoms with van der Waals surface area (Å²) < 4.78 is 1.38. The maximum atomic E-state index is 11.9. The largest absolute Gasteiger partial charge is 0.396 e. The van der Waals surface area contributed by atoms with E-state index in [2.05, 4.69) is 10.4 Å². The molecule has 94 valence electrons. The van der Waals surface area contributed by atoms with Gasteiger partial charge in [0.05, 0.1) is 11.9 Å². The monoisotopic (exact) mass is 239 g/mol. The maximum Gasteiger partial charge on any atom is 0.272 e. The molecule has 7 heteroatoms. The first-order valence-electron chi connectivity index (χ1n) is 5.11. The average Bonchev–Trinajstić information content (AvgIpc) is 2.42. The zero-order valence-electron chi connectivity index (χ0n) is 10.2. The van der Waals surface area contributed by atoms with E-state index in [1.165, 1.54) is 10.9 Å². The van der Waals surface area contributed by atoms with Gasteiger partial charge in [0.1, 0.15) is 5.69 Å². The summed E-state index contributed by atoms with van der Waals surface area (Å²) in [6.45, 7) is 3.42. The van der Waals surface area contributed by atoms with Crippen LogP contribution in [0.2, 0.25) is 0 Å². The van der Waals surface area contributed by atoms with Crippen molar-refractivity contribution < 1.29 is 9.59 Å². The number of aromatic nitrogens is 2. The number of aryl methyl sites for hydroxylation is 1. The van der Waals surface area contributed by atoms with Crippen LogP contribution >= 0.6 is 0 Å². The van der Waals surface area contributed by atoms with Crippen molar-refractivity contribution in [2.24, 2.45) is 12.8 Å². The molecule has 0 unspecified atom stereocenters. The van der Waals surface area contributed by atoms with Gasteiger partial charge in [0.2, 0.25) is 5.91 Å². The van der Waals surface area contributed by atoms with Crippen molar-refractivity contribution in [2.75, 3.05) is 5.73 Å². The fraction of sp³-hybridized carbons (Fsp3) is 0.500. The zero-order chi connectivity index (χ0) is 13.2. The first-order valence-corrected chi connectivity index (χ1v) is 5.11. The molecule has 5 N–H and O–H groups in total. The Morgan fingerprint density at radius 2 is 2.12 bits per heavy atom. The summed E-state index contributed by atoms with van der Waals surface area (Å²) in [5.41, 5.74) is 10.6. The number of nitrogens with zero attached hydrogens (tertiary/aromatic N) is 2. The predicted octanol–water partition coefficient (Wildman–Crippen LogP) is -0.614. The molecule has 7 nitrogen and oxygen atoms in total. The lowest BCUT2D eigenvalue weighted by atomic mass is 10.00. The van der Waals surface area contributed by atoms with Crippen LogP contribution in [0.15, 0.2) is 6.20 Å². The van der Waals surface area contributed by atoms with Crippen molar-refractivity contribution in [3.05, 3.63) is 11.9 Å². The number of anilines is 1. The molecule has 1 aromatic heterocycles. The second-order valence-electron chi connectivity index (χ2n) is 4.55. The van der Waals surface area contributed by atoms with Crippen molar-refractivity contribution in [3.63, 3.8) is 0 Å². The summed E-state index contributed by atoms with van der Waals surface area (Å²) in [5, 5.41) is 6.56. The third kappa shape index (κ3) is 3.20. The molecule has 0 fully saturated rings. The molecule has 1 aromatic rings. The van der Waals surface area contributed by atoms with E-state index in [1.54, 1.807) is 20.9 Å². The Hall–Kier alpha value is -2.05. The number of primary amides is 1. The zero-order valence-corrected chi connectivity index (χ0v) is 10.2. The number of carbonyl (C=O) groups excluding carboxylic acids is 2. The van der Waals surface area contributed by atoms with Crippen molar-refractivity contribution in [2.45, 2.75) is 25.8 Å². The summed E-state index contributed by atoms with van der Waals surface area (Å²) in [6, 6.07) is 0. The minimum absolute atomic E-state index is 0.0521. The Balaban J connectivity index is 2.83. The molecule has 0 spiro atoms. The second kappa shape index (κ2) is 4.44. The average molecular weight is 239 g/mol. The second-order valence-corrected chi connectivity index (χ2v) is 4.55. The van der Waals surface area contributed by atoms with E-state index in [0.717, 1.165) is 0 Å². The van der Waals surface area contributed by atoms with Gasteiger partial charge in [-0.3, -0.25) is 14.3 Å². The minimum atomic E-state index is -0.723. The normalized spacial score (nSPS) is 11.2. The standard InChI is InChI=1S/C10H17N5O2/c1-10(2,4-7(12)16)14-9(17)8-6(11)5-13-15(8)3/h5H,4,11H2,1-3H3,(H2,12,16)(H,14,17). The summed E-state index contributed by atoms with van der Waals surface area (Å²) in [4.78, 5) is 22.8. The van der Waals surface area contributed by atoms with E-state index in [9.17, 15) is 9.59 Å². The molecule has 0 aliphatic heterocycles. The first kappa shape index (κ1) is 13.0. The summed E-state index contributed by atoms with van der Waals surface area (Å²) in [7, 11) is 1.62. The van der Waals surface area contributed by atoms with E-state index in [0.29, 0.717) is 5.69 Å². The summed E-state index contributed by atoms with van der Waals surface area (Å²) in [5.74, 6) is -0.859. The van der Waals surface area contributed by atoms with E-state index < -0.39 is 11.4 Å². The topological polar surface area (TPSA) is 116 Å². The molecule has 0 saturated carbocycles. The molecule has 2 amide bonds. The lowest BCUT2D eigenvalue weighted by Crippen LogP contribution is -2.46. The highest BCUT2D eigenvalue weighted by atomic mass is 16.2. The van der Waals surface area contributed by atoms with Gasteiger partial charge in [-0.25, -0.2) is 0 Å². The van der Waals surface area contributed by atoms with E-state index >= 15 is 0 Å². The molecule has 0 saturated heterocycles. The third-order valence-corrected chi connectivity index (χ3v) is 2.25. The number of nitrogens with two attached hydrogens (primary N) is 2. The highest BCUT2D eigenvalue weighted by Gasteiger charge is 2.25. The predicted molar refractivity (Wildman–Crippen MR) is 63.0 cm³/mol. The highest BCUT2D eigenvalue weighted by molar-refractivity contribution is 5.98. The summed E-state index contributed by atoms with van der Waals surface area (Å²) in [6.07, 6.45) is 1.45. The molecule has 0 radical (unpaired) electrons. The molecule has 0 aromatic carbocycles. The smallest absolute Gasteiger partial charge is 0.272 e. The molecule has 0 bridgehead atoms. The van der Waals surface area contributed by atoms with Gasteiger partial charge >= 0.3 is 0 Å². The molecule has 0 aliphatic rings. The van der Waals surface area contributed by atoms with E-state index in [1.807, 2.05) is 0 Å². The molecule has 0 atom stereocenters. The lowest BCUT2D eigenvalue weighted by Gasteiger charge is -2.24. The Labute approximate surface area is 99.1 Å². The number of nitrogens with one attached hydrogen (secondary N) is 1. The van der Waals surface area contributed by atoms with Crippen LogP contribution in [-0.2, 0) is 11.8 Å². The van der Waals surface area contributed by atoms with Gasteiger partial charge in [-0.2, -0.15) is 5.10 Å². The number of hydrogen-bond acceptors (Lipinski definition) is 4. The number of nitrogen functional groups attached to an aromatic ring is 1. The summed E-state index contributed by atoms with van der Waals surface area (Å²) >= 11 is 0. The Morgan fingerprint density at radius 3 is 2.53 bits per heavy atom. The van der Waals surface area contributed by atoms with Crippen molar-refractivity contribution in [3.8, 4) is 0 Å². The minimum Gasteiger partial charge on any atom is -0.396 e. The van der Waals surface area contributed by atoms with Crippen LogP contribution < -0.4 is 16.8 Å².